The number of H-pyrrole nitrogens is 1. The fourth-order valence-electron chi connectivity index (χ4n) is 4.19. The molecule has 0 amide bonds. The van der Waals surface area contributed by atoms with Crippen LogP contribution in [0.4, 0.5) is 0 Å². The van der Waals surface area contributed by atoms with E-state index < -0.39 is 10.0 Å². The second-order valence-electron chi connectivity index (χ2n) is 9.00. The van der Waals surface area contributed by atoms with Gasteiger partial charge in [0.15, 0.2) is 11.6 Å². The zero-order valence-electron chi connectivity index (χ0n) is 20.5. The van der Waals surface area contributed by atoms with Crippen LogP contribution in [-0.4, -0.2) is 44.5 Å². The molecule has 3 heterocycles. The second kappa shape index (κ2) is 8.68. The Balaban J connectivity index is 1.43. The Morgan fingerprint density at radius 3 is 2.51 bits per heavy atom. The molecule has 6 rings (SSSR count). The third-order valence-corrected chi connectivity index (χ3v) is 8.25. The number of sulfonamides is 1. The first kappa shape index (κ1) is 23.1. The Morgan fingerprint density at radius 1 is 0.946 bits per heavy atom. The van der Waals surface area contributed by atoms with Gasteiger partial charge in [0, 0.05) is 12.4 Å². The van der Waals surface area contributed by atoms with Crippen molar-refractivity contribution in [3.63, 3.8) is 0 Å². The third-order valence-electron chi connectivity index (χ3n) is 6.45. The van der Waals surface area contributed by atoms with E-state index >= 15 is 0 Å². The van der Waals surface area contributed by atoms with Gasteiger partial charge in [-0.1, -0.05) is 36.4 Å². The standard InChI is InChI=1S/C27H24N6O3S/c1-17-12-13-20(14-18(17)2)37(34,35)32(3)16-25-30-26(24-15-19-8-4-7-11-23(19)36-24)31-33(25)27-28-21-9-5-6-10-22(21)29-27/h4-15H,16H2,1-3H3,(H,28,29). The van der Waals surface area contributed by atoms with Crippen LogP contribution in [0.15, 0.2) is 82.1 Å². The SMILES string of the molecule is Cc1ccc(S(=O)(=O)N(C)Cc2nc(-c3cc4ccccc4o3)nn2-c2nc3ccccc3[nH]2)cc1C. The molecule has 0 unspecified atom stereocenters. The Morgan fingerprint density at radius 2 is 1.73 bits per heavy atom. The van der Waals surface area contributed by atoms with Gasteiger partial charge in [0.1, 0.15) is 5.58 Å². The monoisotopic (exact) mass is 512 g/mol. The largest absolute Gasteiger partial charge is 0.453 e. The van der Waals surface area contributed by atoms with Crippen LogP contribution < -0.4 is 0 Å². The number of nitrogens with one attached hydrogen (secondary N) is 1. The molecule has 1 N–H and O–H groups in total. The summed E-state index contributed by atoms with van der Waals surface area (Å²) in [6.07, 6.45) is 0. The number of imidazole rings is 1. The molecule has 0 bridgehead atoms. The number of furan rings is 1. The molecule has 186 valence electrons. The summed E-state index contributed by atoms with van der Waals surface area (Å²) in [7, 11) is -2.25. The predicted octanol–water partition coefficient (Wildman–Crippen LogP) is 4.99. The summed E-state index contributed by atoms with van der Waals surface area (Å²) < 4.78 is 35.6. The van der Waals surface area contributed by atoms with Gasteiger partial charge in [-0.2, -0.15) is 8.99 Å². The molecule has 37 heavy (non-hydrogen) atoms. The predicted molar refractivity (Wildman–Crippen MR) is 141 cm³/mol. The van der Waals surface area contributed by atoms with Crippen molar-refractivity contribution in [1.82, 2.24) is 29.0 Å². The molecule has 0 aliphatic heterocycles. The highest BCUT2D eigenvalue weighted by molar-refractivity contribution is 7.89. The topological polar surface area (TPSA) is 110 Å². The Hall–Kier alpha value is -4.28. The average molecular weight is 513 g/mol. The first-order valence-corrected chi connectivity index (χ1v) is 13.2. The van der Waals surface area contributed by atoms with Gasteiger partial charge >= 0.3 is 0 Å². The molecule has 3 aromatic heterocycles. The van der Waals surface area contributed by atoms with E-state index in [1.807, 2.05) is 74.5 Å². The van der Waals surface area contributed by atoms with E-state index in [0.717, 1.165) is 27.5 Å². The lowest BCUT2D eigenvalue weighted by molar-refractivity contribution is 0.451. The van der Waals surface area contributed by atoms with Crippen LogP contribution in [0, 0.1) is 13.8 Å². The van der Waals surface area contributed by atoms with Crippen LogP contribution in [0.25, 0.3) is 39.5 Å². The van der Waals surface area contributed by atoms with Crippen LogP contribution in [0.3, 0.4) is 0 Å². The lowest BCUT2D eigenvalue weighted by Crippen LogP contribution is -2.28. The van der Waals surface area contributed by atoms with Gasteiger partial charge in [0.25, 0.3) is 0 Å². The van der Waals surface area contributed by atoms with Crippen LogP contribution in [0.5, 0.6) is 0 Å². The van der Waals surface area contributed by atoms with E-state index in [9.17, 15) is 8.42 Å². The minimum Gasteiger partial charge on any atom is -0.453 e. The van der Waals surface area contributed by atoms with Gasteiger partial charge < -0.3 is 9.40 Å². The Labute approximate surface area is 213 Å². The molecule has 0 saturated heterocycles. The molecule has 3 aromatic carbocycles. The van der Waals surface area contributed by atoms with Crippen molar-refractivity contribution >= 4 is 32.0 Å². The van der Waals surface area contributed by atoms with Crippen molar-refractivity contribution in [2.75, 3.05) is 7.05 Å². The molecule has 0 atom stereocenters. The average Bonchev–Trinajstić information content (AvgIpc) is 3.61. The maximum Gasteiger partial charge on any atom is 0.243 e. The van der Waals surface area contributed by atoms with E-state index in [1.54, 1.807) is 12.1 Å². The summed E-state index contributed by atoms with van der Waals surface area (Å²) in [5.41, 5.74) is 4.25. The number of nitrogens with zero attached hydrogens (tertiary/aromatic N) is 5. The van der Waals surface area contributed by atoms with Crippen LogP contribution >= 0.6 is 0 Å². The van der Waals surface area contributed by atoms with E-state index in [4.69, 9.17) is 9.40 Å². The minimum absolute atomic E-state index is 0.0282. The van der Waals surface area contributed by atoms with Gasteiger partial charge in [-0.15, -0.1) is 5.10 Å². The maximum absolute atomic E-state index is 13.4. The molecule has 9 nitrogen and oxygen atoms in total. The molecule has 0 aliphatic rings. The lowest BCUT2D eigenvalue weighted by atomic mass is 10.1. The van der Waals surface area contributed by atoms with E-state index in [2.05, 4.69) is 15.1 Å². The van der Waals surface area contributed by atoms with E-state index in [0.29, 0.717) is 28.9 Å². The van der Waals surface area contributed by atoms with Gasteiger partial charge in [0.05, 0.1) is 22.5 Å². The van der Waals surface area contributed by atoms with E-state index in [1.165, 1.54) is 16.0 Å². The molecule has 10 heteroatoms. The first-order chi connectivity index (χ1) is 17.8. The Kier molecular flexibility index (Phi) is 5.43. The quantitative estimate of drug-likeness (QED) is 0.337. The summed E-state index contributed by atoms with van der Waals surface area (Å²) in [6.45, 7) is 3.82. The van der Waals surface area contributed by atoms with Gasteiger partial charge in [0.2, 0.25) is 21.8 Å². The fraction of sp³-hybridized carbons (Fsp3) is 0.148. The highest BCUT2D eigenvalue weighted by Crippen LogP contribution is 2.27. The summed E-state index contributed by atoms with van der Waals surface area (Å²) in [4.78, 5) is 12.8. The summed E-state index contributed by atoms with van der Waals surface area (Å²) in [5.74, 6) is 1.65. The highest BCUT2D eigenvalue weighted by Gasteiger charge is 2.26. The fourth-order valence-corrected chi connectivity index (χ4v) is 5.40. The molecule has 6 aromatic rings. The molecule has 0 fully saturated rings. The van der Waals surface area contributed by atoms with Crippen LogP contribution in [0.2, 0.25) is 0 Å². The van der Waals surface area contributed by atoms with Crippen LogP contribution in [0.1, 0.15) is 17.0 Å². The van der Waals surface area contributed by atoms with Crippen molar-refractivity contribution in [3.8, 4) is 17.5 Å². The number of para-hydroxylation sites is 3. The van der Waals surface area contributed by atoms with Crippen molar-refractivity contribution in [3.05, 3.63) is 89.7 Å². The summed E-state index contributed by atoms with van der Waals surface area (Å²) >= 11 is 0. The number of benzene rings is 3. The number of aromatic amines is 1. The lowest BCUT2D eigenvalue weighted by Gasteiger charge is -2.17. The third kappa shape index (κ3) is 4.09. The highest BCUT2D eigenvalue weighted by atomic mass is 32.2. The molecule has 0 saturated carbocycles. The number of fused-ring (bicyclic) bond motifs is 2. The minimum atomic E-state index is -3.78. The first-order valence-electron chi connectivity index (χ1n) is 11.7. The molecule has 0 aliphatic carbocycles. The number of aromatic nitrogens is 5. The van der Waals surface area contributed by atoms with Gasteiger partial charge in [-0.3, -0.25) is 0 Å². The smallest absolute Gasteiger partial charge is 0.243 e. The zero-order valence-corrected chi connectivity index (χ0v) is 21.3. The number of hydrogen-bond donors (Lipinski definition) is 1. The van der Waals surface area contributed by atoms with Crippen molar-refractivity contribution in [2.45, 2.75) is 25.3 Å². The van der Waals surface area contributed by atoms with Gasteiger partial charge in [-0.25, -0.2) is 18.4 Å². The molecular formula is C27H24N6O3S. The van der Waals surface area contributed by atoms with Crippen molar-refractivity contribution < 1.29 is 12.8 Å². The molecule has 0 radical (unpaired) electrons. The summed E-state index contributed by atoms with van der Waals surface area (Å²) in [5, 5.41) is 5.60. The number of hydrogen-bond acceptors (Lipinski definition) is 6. The normalized spacial score (nSPS) is 12.2. The summed E-state index contributed by atoms with van der Waals surface area (Å²) in [6, 6.07) is 22.3. The van der Waals surface area contributed by atoms with Crippen molar-refractivity contribution in [1.29, 1.82) is 0 Å². The Bertz CT molecular complexity index is 1820. The van der Waals surface area contributed by atoms with E-state index in [-0.39, 0.29) is 11.4 Å². The second-order valence-corrected chi connectivity index (χ2v) is 11.0. The molecular weight excluding hydrogens is 488 g/mol. The van der Waals surface area contributed by atoms with Gasteiger partial charge in [-0.05, 0) is 61.4 Å². The number of rotatable bonds is 6. The van der Waals surface area contributed by atoms with Crippen LogP contribution in [-0.2, 0) is 16.6 Å². The van der Waals surface area contributed by atoms with Crippen molar-refractivity contribution in [2.24, 2.45) is 0 Å². The zero-order chi connectivity index (χ0) is 25.7. The number of aryl methyl sites for hydroxylation is 2. The molecule has 0 spiro atoms. The maximum atomic E-state index is 13.4.